The van der Waals surface area contributed by atoms with Gasteiger partial charge in [0, 0.05) is 6.42 Å². The van der Waals surface area contributed by atoms with E-state index >= 15 is 0 Å². The summed E-state index contributed by atoms with van der Waals surface area (Å²) >= 11 is 0. The first kappa shape index (κ1) is 18.5. The van der Waals surface area contributed by atoms with Crippen LogP contribution >= 0.6 is 0 Å². The molecular weight excluding hydrogens is 284 g/mol. The zero-order valence-electron chi connectivity index (χ0n) is 14.6. The summed E-state index contributed by atoms with van der Waals surface area (Å²) in [5.41, 5.74) is 1.35. The Morgan fingerprint density at radius 3 is 2.41 bits per heavy atom. The Balaban J connectivity index is 2.39. The van der Waals surface area contributed by atoms with E-state index in [-0.39, 0.29) is 10.4 Å². The van der Waals surface area contributed by atoms with E-state index < -0.39 is 8.07 Å². The normalized spacial score (nSPS) is 12.0. The molecule has 1 aromatic carbocycles. The number of allylic oxidation sites excluding steroid dienone is 2. The van der Waals surface area contributed by atoms with Crippen molar-refractivity contribution in [3.63, 3.8) is 0 Å². The minimum absolute atomic E-state index is 0.0809. The summed E-state index contributed by atoms with van der Waals surface area (Å²) in [6, 6.07) is 10.5. The molecule has 1 nitrogen and oxygen atoms in total. The second kappa shape index (κ2) is 8.15. The fraction of sp³-hybridized carbons (Fsp3) is 0.450. The van der Waals surface area contributed by atoms with Crippen molar-refractivity contribution >= 4 is 13.5 Å². The number of carbonyl (C=O) groups is 1. The van der Waals surface area contributed by atoms with Crippen LogP contribution in [0.3, 0.4) is 0 Å². The molecule has 22 heavy (non-hydrogen) atoms. The fourth-order valence-electron chi connectivity index (χ4n) is 1.85. The van der Waals surface area contributed by atoms with Crippen molar-refractivity contribution in [3.05, 3.63) is 48.0 Å². The lowest BCUT2D eigenvalue weighted by Crippen LogP contribution is -2.45. The maximum atomic E-state index is 12.3. The molecule has 0 bridgehead atoms. The van der Waals surface area contributed by atoms with E-state index in [0.717, 1.165) is 19.3 Å². The molecule has 0 unspecified atom stereocenters. The Labute approximate surface area is 136 Å². The minimum Gasteiger partial charge on any atom is -0.301 e. The van der Waals surface area contributed by atoms with Crippen molar-refractivity contribution in [2.24, 2.45) is 0 Å². The smallest absolute Gasteiger partial charge is 0.137 e. The van der Waals surface area contributed by atoms with Gasteiger partial charge in [-0.2, -0.15) is 0 Å². The predicted octanol–water partition coefficient (Wildman–Crippen LogP) is 5.19. The van der Waals surface area contributed by atoms with Crippen LogP contribution in [0.4, 0.5) is 0 Å². The Kier molecular flexibility index (Phi) is 6.84. The molecule has 0 spiro atoms. The topological polar surface area (TPSA) is 17.1 Å². The van der Waals surface area contributed by atoms with E-state index in [2.05, 4.69) is 70.0 Å². The van der Waals surface area contributed by atoms with Gasteiger partial charge in [0.2, 0.25) is 0 Å². The van der Waals surface area contributed by atoms with Gasteiger partial charge in [-0.1, -0.05) is 76.0 Å². The number of aryl methyl sites for hydroxylation is 1. The van der Waals surface area contributed by atoms with E-state index in [9.17, 15) is 4.79 Å². The molecule has 0 N–H and O–H groups in total. The van der Waals surface area contributed by atoms with Crippen molar-refractivity contribution in [1.29, 1.82) is 0 Å². The molecule has 0 aliphatic carbocycles. The number of carbonyl (C=O) groups excluding carboxylic acids is 1. The van der Waals surface area contributed by atoms with Gasteiger partial charge in [-0.25, -0.2) is 0 Å². The van der Waals surface area contributed by atoms with Crippen LogP contribution in [0.25, 0.3) is 0 Å². The van der Waals surface area contributed by atoms with Crippen molar-refractivity contribution in [3.8, 4) is 11.8 Å². The van der Waals surface area contributed by atoms with Gasteiger partial charge in [-0.15, -0.1) is 0 Å². The van der Waals surface area contributed by atoms with Gasteiger partial charge in [0.1, 0.15) is 13.5 Å². The molecule has 0 saturated carbocycles. The highest BCUT2D eigenvalue weighted by Crippen LogP contribution is 2.36. The average Bonchev–Trinajstić information content (AvgIpc) is 2.45. The first-order valence-corrected chi connectivity index (χ1v) is 11.0. The van der Waals surface area contributed by atoms with E-state index in [1.54, 1.807) is 12.2 Å². The molecule has 0 radical (unpaired) electrons. The third-order valence-corrected chi connectivity index (χ3v) is 9.67. The van der Waals surface area contributed by atoms with Gasteiger partial charge in [0.15, 0.2) is 0 Å². The molecule has 0 saturated heterocycles. The van der Waals surface area contributed by atoms with Crippen molar-refractivity contribution in [2.75, 3.05) is 0 Å². The van der Waals surface area contributed by atoms with Gasteiger partial charge in [-0.3, -0.25) is 0 Å². The largest absolute Gasteiger partial charge is 0.301 e. The minimum atomic E-state index is -1.92. The molecule has 2 heteroatoms. The number of hydrogen-bond donors (Lipinski definition) is 0. The Morgan fingerprint density at radius 1 is 1.18 bits per heavy atom. The highest BCUT2D eigenvalue weighted by molar-refractivity contribution is 7.07. The molecule has 0 aliphatic heterocycles. The molecule has 1 aromatic rings. The molecule has 0 amide bonds. The van der Waals surface area contributed by atoms with Crippen LogP contribution in [0.5, 0.6) is 0 Å². The first-order valence-electron chi connectivity index (χ1n) is 7.98. The SMILES string of the molecule is CC(C)(C)[Si](C)(C)C(=O)/C=C/C#CCCCc1ccccc1. The highest BCUT2D eigenvalue weighted by Gasteiger charge is 2.40. The van der Waals surface area contributed by atoms with Crippen molar-refractivity contribution in [2.45, 2.75) is 58.2 Å². The van der Waals surface area contributed by atoms with Gasteiger partial charge in [-0.05, 0) is 35.6 Å². The summed E-state index contributed by atoms with van der Waals surface area (Å²) in [6.07, 6.45) is 6.39. The molecule has 0 aliphatic rings. The summed E-state index contributed by atoms with van der Waals surface area (Å²) in [6.45, 7) is 10.7. The lowest BCUT2D eigenvalue weighted by Gasteiger charge is -2.33. The third kappa shape index (κ3) is 5.65. The molecular formula is C20H28OSi. The average molecular weight is 313 g/mol. The van der Waals surface area contributed by atoms with E-state index in [1.807, 2.05) is 6.07 Å². The van der Waals surface area contributed by atoms with Gasteiger partial charge in [0.05, 0.1) is 0 Å². The summed E-state index contributed by atoms with van der Waals surface area (Å²) in [5, 5.41) is 0.357. The molecule has 118 valence electrons. The van der Waals surface area contributed by atoms with E-state index in [1.165, 1.54) is 5.56 Å². The number of benzene rings is 1. The van der Waals surface area contributed by atoms with Gasteiger partial charge >= 0.3 is 0 Å². The van der Waals surface area contributed by atoms with E-state index in [4.69, 9.17) is 0 Å². The summed E-state index contributed by atoms with van der Waals surface area (Å²) in [5.74, 6) is 6.12. The summed E-state index contributed by atoms with van der Waals surface area (Å²) < 4.78 is 0. The number of hydrogen-bond acceptors (Lipinski definition) is 1. The molecule has 0 heterocycles. The standard InChI is InChI=1S/C20H28OSi/c1-20(2,3)22(4,5)19(21)17-13-8-6-7-10-14-18-15-11-9-12-16-18/h9,11-13,15-17H,7,10,14H2,1-5H3/b17-13+. The van der Waals surface area contributed by atoms with Gasteiger partial charge < -0.3 is 4.79 Å². The summed E-state index contributed by atoms with van der Waals surface area (Å²) in [4.78, 5) is 12.3. The molecule has 0 fully saturated rings. The van der Waals surface area contributed by atoms with Crippen LogP contribution in [-0.2, 0) is 11.2 Å². The van der Waals surface area contributed by atoms with Crippen LogP contribution in [0.1, 0.15) is 39.2 Å². The first-order chi connectivity index (χ1) is 10.2. The van der Waals surface area contributed by atoms with Crippen LogP contribution in [-0.4, -0.2) is 13.5 Å². The lowest BCUT2D eigenvalue weighted by molar-refractivity contribution is -0.108. The predicted molar refractivity (Wildman–Crippen MR) is 98.5 cm³/mol. The lowest BCUT2D eigenvalue weighted by atomic mass is 10.1. The van der Waals surface area contributed by atoms with Gasteiger partial charge in [0.25, 0.3) is 0 Å². The fourth-order valence-corrected chi connectivity index (χ4v) is 3.09. The molecule has 0 aromatic heterocycles. The second-order valence-electron chi connectivity index (χ2n) is 7.23. The zero-order chi connectivity index (χ0) is 16.6. The second-order valence-corrected chi connectivity index (χ2v) is 12.5. The van der Waals surface area contributed by atoms with Crippen LogP contribution in [0.15, 0.2) is 42.5 Å². The van der Waals surface area contributed by atoms with Crippen LogP contribution < -0.4 is 0 Å². The number of unbranched alkanes of at least 4 members (excludes halogenated alkanes) is 1. The van der Waals surface area contributed by atoms with Crippen LogP contribution in [0, 0.1) is 11.8 Å². The molecule has 0 atom stereocenters. The Hall–Kier alpha value is -1.59. The Morgan fingerprint density at radius 2 is 1.82 bits per heavy atom. The van der Waals surface area contributed by atoms with Crippen molar-refractivity contribution < 1.29 is 4.79 Å². The number of rotatable bonds is 5. The zero-order valence-corrected chi connectivity index (χ0v) is 15.6. The summed E-state index contributed by atoms with van der Waals surface area (Å²) in [7, 11) is -1.92. The molecule has 1 rings (SSSR count). The maximum absolute atomic E-state index is 12.3. The third-order valence-electron chi connectivity index (χ3n) is 4.52. The van der Waals surface area contributed by atoms with E-state index in [0.29, 0.717) is 0 Å². The maximum Gasteiger partial charge on any atom is 0.137 e. The monoisotopic (exact) mass is 312 g/mol. The quantitative estimate of drug-likeness (QED) is 0.317. The van der Waals surface area contributed by atoms with Crippen molar-refractivity contribution in [1.82, 2.24) is 0 Å². The Bertz CT molecular complexity index is 565. The highest BCUT2D eigenvalue weighted by atomic mass is 28.3. The van der Waals surface area contributed by atoms with Crippen LogP contribution in [0.2, 0.25) is 18.1 Å².